The summed E-state index contributed by atoms with van der Waals surface area (Å²) in [5.74, 6) is -1.53. The third-order valence-electron chi connectivity index (χ3n) is 2.04. The molecule has 0 amide bonds. The highest BCUT2D eigenvalue weighted by Gasteiger charge is 2.12. The Kier molecular flexibility index (Phi) is 2.73. The summed E-state index contributed by atoms with van der Waals surface area (Å²) in [4.78, 5) is 10.6. The van der Waals surface area contributed by atoms with E-state index < -0.39 is 11.8 Å². The number of halogens is 1. The summed E-state index contributed by atoms with van der Waals surface area (Å²) in [5.41, 5.74) is -0.0747. The van der Waals surface area contributed by atoms with Crippen molar-refractivity contribution < 1.29 is 14.3 Å². The first-order valence-corrected chi connectivity index (χ1v) is 4.65. The van der Waals surface area contributed by atoms with Crippen molar-refractivity contribution in [3.63, 3.8) is 0 Å². The summed E-state index contributed by atoms with van der Waals surface area (Å²) in [6.45, 7) is 1.60. The maximum Gasteiger partial charge on any atom is 0.335 e. The molecular formula is C10H7FN4O2. The molecule has 1 heterocycles. The molecule has 0 aliphatic rings. The van der Waals surface area contributed by atoms with Gasteiger partial charge in [0.05, 0.1) is 11.1 Å². The van der Waals surface area contributed by atoms with Crippen LogP contribution in [0, 0.1) is 12.7 Å². The first-order valence-electron chi connectivity index (χ1n) is 4.65. The highest BCUT2D eigenvalue weighted by atomic mass is 19.1. The van der Waals surface area contributed by atoms with Gasteiger partial charge < -0.3 is 5.11 Å². The van der Waals surface area contributed by atoms with Crippen molar-refractivity contribution in [2.24, 2.45) is 0 Å². The molecular weight excluding hydrogens is 227 g/mol. The van der Waals surface area contributed by atoms with E-state index in [0.717, 1.165) is 6.07 Å². The molecule has 2 rings (SSSR count). The highest BCUT2D eigenvalue weighted by Crippen LogP contribution is 2.19. The van der Waals surface area contributed by atoms with E-state index in [1.54, 1.807) is 6.92 Å². The van der Waals surface area contributed by atoms with Crippen LogP contribution in [0.1, 0.15) is 16.2 Å². The molecule has 0 fully saturated rings. The maximum absolute atomic E-state index is 13.6. The SMILES string of the molecule is Cc1nnc(-c2ccc(C(=O)O)cc2F)nn1. The molecule has 1 aromatic carbocycles. The molecule has 6 nitrogen and oxygen atoms in total. The lowest BCUT2D eigenvalue weighted by Crippen LogP contribution is -2.02. The predicted octanol–water partition coefficient (Wildman–Crippen LogP) is 1.08. The van der Waals surface area contributed by atoms with Crippen LogP contribution >= 0.6 is 0 Å². The molecule has 0 atom stereocenters. The largest absolute Gasteiger partial charge is 0.478 e. The van der Waals surface area contributed by atoms with Gasteiger partial charge in [0.2, 0.25) is 5.82 Å². The Morgan fingerprint density at radius 2 is 1.88 bits per heavy atom. The van der Waals surface area contributed by atoms with E-state index in [-0.39, 0.29) is 17.0 Å². The molecule has 0 saturated carbocycles. The Morgan fingerprint density at radius 3 is 2.41 bits per heavy atom. The zero-order chi connectivity index (χ0) is 12.4. The van der Waals surface area contributed by atoms with E-state index in [4.69, 9.17) is 5.11 Å². The third kappa shape index (κ3) is 2.22. The molecule has 2 aromatic rings. The zero-order valence-corrected chi connectivity index (χ0v) is 8.75. The van der Waals surface area contributed by atoms with Gasteiger partial charge in [-0.25, -0.2) is 9.18 Å². The molecule has 0 aliphatic carbocycles. The molecule has 1 aromatic heterocycles. The number of carboxylic acid groups (broad SMARTS) is 1. The predicted molar refractivity (Wildman–Crippen MR) is 54.7 cm³/mol. The second-order valence-corrected chi connectivity index (χ2v) is 3.27. The van der Waals surface area contributed by atoms with E-state index in [1.165, 1.54) is 12.1 Å². The summed E-state index contributed by atoms with van der Waals surface area (Å²) in [6.07, 6.45) is 0. The number of aryl methyl sites for hydroxylation is 1. The topological polar surface area (TPSA) is 88.9 Å². The number of nitrogens with zero attached hydrogens (tertiary/aromatic N) is 4. The fraction of sp³-hybridized carbons (Fsp3) is 0.100. The number of benzene rings is 1. The van der Waals surface area contributed by atoms with Crippen molar-refractivity contribution in [1.29, 1.82) is 0 Å². The summed E-state index contributed by atoms with van der Waals surface area (Å²) < 4.78 is 13.6. The van der Waals surface area contributed by atoms with Crippen molar-refractivity contribution >= 4 is 5.97 Å². The zero-order valence-electron chi connectivity index (χ0n) is 8.75. The molecule has 0 unspecified atom stereocenters. The smallest absolute Gasteiger partial charge is 0.335 e. The molecule has 0 saturated heterocycles. The first kappa shape index (κ1) is 11.1. The Morgan fingerprint density at radius 1 is 1.24 bits per heavy atom. The minimum absolute atomic E-state index is 0.0186. The molecule has 0 spiro atoms. The van der Waals surface area contributed by atoms with E-state index >= 15 is 0 Å². The fourth-order valence-electron chi connectivity index (χ4n) is 1.22. The first-order chi connectivity index (χ1) is 8.08. The second kappa shape index (κ2) is 4.20. The molecule has 1 N–H and O–H groups in total. The van der Waals surface area contributed by atoms with Crippen LogP contribution in [0.3, 0.4) is 0 Å². The van der Waals surface area contributed by atoms with Gasteiger partial charge in [0, 0.05) is 0 Å². The van der Waals surface area contributed by atoms with Gasteiger partial charge in [0.15, 0.2) is 5.82 Å². The number of aromatic nitrogens is 4. The second-order valence-electron chi connectivity index (χ2n) is 3.27. The van der Waals surface area contributed by atoms with Gasteiger partial charge >= 0.3 is 5.97 Å². The number of carbonyl (C=O) groups is 1. The molecule has 86 valence electrons. The van der Waals surface area contributed by atoms with Crippen LogP contribution in [0.25, 0.3) is 11.4 Å². The Balaban J connectivity index is 2.46. The fourth-order valence-corrected chi connectivity index (χ4v) is 1.22. The third-order valence-corrected chi connectivity index (χ3v) is 2.04. The minimum Gasteiger partial charge on any atom is -0.478 e. The average molecular weight is 234 g/mol. The highest BCUT2D eigenvalue weighted by molar-refractivity contribution is 5.88. The quantitative estimate of drug-likeness (QED) is 0.836. The van der Waals surface area contributed by atoms with E-state index in [0.29, 0.717) is 5.82 Å². The van der Waals surface area contributed by atoms with Crippen molar-refractivity contribution in [1.82, 2.24) is 20.4 Å². The van der Waals surface area contributed by atoms with Crippen LogP contribution < -0.4 is 0 Å². The normalized spacial score (nSPS) is 10.2. The van der Waals surface area contributed by atoms with Crippen LogP contribution in [-0.4, -0.2) is 31.5 Å². The number of hydrogen-bond donors (Lipinski definition) is 1. The van der Waals surface area contributed by atoms with Crippen molar-refractivity contribution in [2.45, 2.75) is 6.92 Å². The lowest BCUT2D eigenvalue weighted by Gasteiger charge is -2.01. The summed E-state index contributed by atoms with van der Waals surface area (Å²) in [7, 11) is 0. The van der Waals surface area contributed by atoms with E-state index in [9.17, 15) is 9.18 Å². The Hall–Kier alpha value is -2.44. The molecule has 0 radical (unpaired) electrons. The molecule has 0 aliphatic heterocycles. The number of aromatic carboxylic acids is 1. The van der Waals surface area contributed by atoms with E-state index in [2.05, 4.69) is 20.4 Å². The average Bonchev–Trinajstić information content (AvgIpc) is 2.30. The lowest BCUT2D eigenvalue weighted by molar-refractivity contribution is 0.0696. The van der Waals surface area contributed by atoms with Crippen LogP contribution in [0.4, 0.5) is 4.39 Å². The molecule has 0 bridgehead atoms. The van der Waals surface area contributed by atoms with E-state index in [1.807, 2.05) is 0 Å². The van der Waals surface area contributed by atoms with Gasteiger partial charge in [0.1, 0.15) is 5.82 Å². The number of carboxylic acids is 1. The van der Waals surface area contributed by atoms with Crippen LogP contribution in [-0.2, 0) is 0 Å². The number of rotatable bonds is 2. The van der Waals surface area contributed by atoms with Gasteiger partial charge in [-0.05, 0) is 25.1 Å². The summed E-state index contributed by atoms with van der Waals surface area (Å²) in [5, 5.41) is 23.3. The molecule has 17 heavy (non-hydrogen) atoms. The van der Waals surface area contributed by atoms with Gasteiger partial charge in [0.25, 0.3) is 0 Å². The summed E-state index contributed by atoms with van der Waals surface area (Å²) in [6, 6.07) is 3.46. The summed E-state index contributed by atoms with van der Waals surface area (Å²) >= 11 is 0. The van der Waals surface area contributed by atoms with Crippen molar-refractivity contribution in [3.05, 3.63) is 35.4 Å². The van der Waals surface area contributed by atoms with Gasteiger partial charge in [-0.1, -0.05) is 0 Å². The van der Waals surface area contributed by atoms with Crippen LogP contribution in [0.2, 0.25) is 0 Å². The minimum atomic E-state index is -1.20. The van der Waals surface area contributed by atoms with Crippen molar-refractivity contribution in [2.75, 3.05) is 0 Å². The van der Waals surface area contributed by atoms with Gasteiger partial charge in [-0.15, -0.1) is 20.4 Å². The monoisotopic (exact) mass is 234 g/mol. The molecule has 7 heteroatoms. The Labute approximate surface area is 95.2 Å². The number of hydrogen-bond acceptors (Lipinski definition) is 5. The van der Waals surface area contributed by atoms with Crippen molar-refractivity contribution in [3.8, 4) is 11.4 Å². The lowest BCUT2D eigenvalue weighted by atomic mass is 10.1. The van der Waals surface area contributed by atoms with Gasteiger partial charge in [-0.3, -0.25) is 0 Å². The Bertz CT molecular complexity index is 571. The van der Waals surface area contributed by atoms with Gasteiger partial charge in [-0.2, -0.15) is 0 Å². The maximum atomic E-state index is 13.6. The van der Waals surface area contributed by atoms with Crippen LogP contribution in [0.15, 0.2) is 18.2 Å². The van der Waals surface area contributed by atoms with Crippen LogP contribution in [0.5, 0.6) is 0 Å². The standard InChI is InChI=1S/C10H7FN4O2/c1-5-12-14-9(15-13-5)7-3-2-6(10(16)17)4-8(7)11/h2-4H,1H3,(H,16,17).